The molecule has 0 heterocycles. The van der Waals surface area contributed by atoms with Crippen molar-refractivity contribution in [2.45, 2.75) is 53.4 Å². The van der Waals surface area contributed by atoms with Crippen LogP contribution in [0.3, 0.4) is 0 Å². The van der Waals surface area contributed by atoms with E-state index in [1.807, 2.05) is 0 Å². The summed E-state index contributed by atoms with van der Waals surface area (Å²) in [6, 6.07) is 0. The third-order valence-corrected chi connectivity index (χ3v) is 4.36. The Hall–Kier alpha value is 0.774. The van der Waals surface area contributed by atoms with E-state index in [4.69, 9.17) is 0 Å². The first-order valence-corrected chi connectivity index (χ1v) is 6.66. The van der Waals surface area contributed by atoms with Crippen molar-refractivity contribution in [1.29, 1.82) is 0 Å². The number of rotatable bonds is 4. The van der Waals surface area contributed by atoms with Crippen LogP contribution in [0.15, 0.2) is 20.6 Å². The first-order valence-electron chi connectivity index (χ1n) is 5.87. The minimum atomic E-state index is 0. The van der Waals surface area contributed by atoms with Crippen LogP contribution in [-0.4, -0.2) is 0 Å². The summed E-state index contributed by atoms with van der Waals surface area (Å²) in [6.45, 7) is 9.21. The molecule has 0 aromatic rings. The quantitative estimate of drug-likeness (QED) is 0.546. The van der Waals surface area contributed by atoms with Gasteiger partial charge in [0.25, 0.3) is 0 Å². The zero-order valence-corrected chi connectivity index (χ0v) is 13.7. The zero-order chi connectivity index (χ0) is 10.7. The Kier molecular flexibility index (Phi) is 10.5. The third-order valence-electron chi connectivity index (χ3n) is 3.34. The molecule has 0 fully saturated rings. The van der Waals surface area contributed by atoms with Gasteiger partial charge in [-0.05, 0) is 0 Å². The molecule has 0 saturated carbocycles. The minimum absolute atomic E-state index is 0. The van der Waals surface area contributed by atoms with Crippen LogP contribution in [0.4, 0.5) is 0 Å². The van der Waals surface area contributed by atoms with Crippen LogP contribution in [-0.2, 0) is 20.4 Å². The Bertz CT molecular complexity index is 280. The van der Waals surface area contributed by atoms with Gasteiger partial charge in [-0.1, -0.05) is 0 Å². The molecule has 0 amide bonds. The summed E-state index contributed by atoms with van der Waals surface area (Å²) in [6.07, 6.45) is 4.96. The smallest absolute Gasteiger partial charge is 1.00 e. The van der Waals surface area contributed by atoms with Gasteiger partial charge in [-0.25, -0.2) is 0 Å². The van der Waals surface area contributed by atoms with E-state index in [9.17, 15) is 0 Å². The van der Waals surface area contributed by atoms with E-state index < -0.39 is 0 Å². The second kappa shape index (κ2) is 8.81. The predicted octanol–water partition coefficient (Wildman–Crippen LogP) is -1.64. The molecule has 16 heavy (non-hydrogen) atoms. The SMILES string of the molecule is CCC1=[C]([Ti+2])C(CC)C(CC)=C1CC.[Cl-].[Cl-]. The fourth-order valence-corrected chi connectivity index (χ4v) is 3.81. The summed E-state index contributed by atoms with van der Waals surface area (Å²) >= 11 is 2.34. The molecular formula is C13H21Cl2Ti. The second-order valence-electron chi connectivity index (χ2n) is 3.92. The summed E-state index contributed by atoms with van der Waals surface area (Å²) in [7, 11) is 0. The average Bonchev–Trinajstić information content (AvgIpc) is 2.48. The molecule has 0 bridgehead atoms. The average molecular weight is 296 g/mol. The molecule has 0 spiro atoms. The van der Waals surface area contributed by atoms with Crippen molar-refractivity contribution in [2.75, 3.05) is 0 Å². The molecule has 0 nitrogen and oxygen atoms in total. The van der Waals surface area contributed by atoms with Crippen LogP contribution in [0.5, 0.6) is 0 Å². The molecule has 0 saturated heterocycles. The fraction of sp³-hybridized carbons (Fsp3) is 0.692. The van der Waals surface area contributed by atoms with Crippen LogP contribution in [0.2, 0.25) is 0 Å². The molecule has 1 aliphatic rings. The normalized spacial score (nSPS) is 19.8. The Balaban J connectivity index is 0. The van der Waals surface area contributed by atoms with Gasteiger partial charge in [0.15, 0.2) is 0 Å². The third kappa shape index (κ3) is 3.39. The molecule has 1 aliphatic carbocycles. The molecule has 0 aromatic carbocycles. The van der Waals surface area contributed by atoms with Crippen molar-refractivity contribution in [1.82, 2.24) is 0 Å². The van der Waals surface area contributed by atoms with E-state index in [0.717, 1.165) is 5.92 Å². The summed E-state index contributed by atoms with van der Waals surface area (Å²) in [5.41, 5.74) is 5.07. The van der Waals surface area contributed by atoms with Gasteiger partial charge in [-0.3, -0.25) is 0 Å². The van der Waals surface area contributed by atoms with E-state index in [1.54, 1.807) is 20.6 Å². The molecule has 1 unspecified atom stereocenters. The zero-order valence-electron chi connectivity index (χ0n) is 10.7. The topological polar surface area (TPSA) is 0 Å². The van der Waals surface area contributed by atoms with Gasteiger partial charge < -0.3 is 24.8 Å². The number of halogens is 2. The van der Waals surface area contributed by atoms with Crippen LogP contribution in [0, 0.1) is 5.92 Å². The maximum atomic E-state index is 2.34. The van der Waals surface area contributed by atoms with E-state index in [2.05, 4.69) is 48.1 Å². The van der Waals surface area contributed by atoms with Crippen LogP contribution in [0.1, 0.15) is 53.4 Å². The monoisotopic (exact) mass is 295 g/mol. The first-order chi connectivity index (χ1) is 6.71. The van der Waals surface area contributed by atoms with Crippen molar-refractivity contribution < 1.29 is 45.2 Å². The maximum Gasteiger partial charge on any atom is -1.00 e. The number of allylic oxidation sites excluding steroid dienone is 4. The van der Waals surface area contributed by atoms with Gasteiger partial charge in [0.2, 0.25) is 0 Å². The van der Waals surface area contributed by atoms with Crippen molar-refractivity contribution >= 4 is 0 Å². The summed E-state index contributed by atoms with van der Waals surface area (Å²) < 4.78 is 1.66. The van der Waals surface area contributed by atoms with Crippen molar-refractivity contribution in [3.63, 3.8) is 0 Å². The summed E-state index contributed by atoms with van der Waals surface area (Å²) in [5, 5.41) is 0. The van der Waals surface area contributed by atoms with Gasteiger partial charge in [-0.15, -0.1) is 0 Å². The van der Waals surface area contributed by atoms with E-state index >= 15 is 0 Å². The largest absolute Gasteiger partial charge is 1.00 e. The number of hydrogen-bond acceptors (Lipinski definition) is 0. The molecule has 3 heteroatoms. The second-order valence-corrected chi connectivity index (χ2v) is 4.76. The van der Waals surface area contributed by atoms with Crippen LogP contribution < -0.4 is 24.8 Å². The molecule has 0 N–H and O–H groups in total. The molecule has 0 aromatic heterocycles. The van der Waals surface area contributed by atoms with Gasteiger partial charge in [0, 0.05) is 0 Å². The Labute approximate surface area is 125 Å². The Morgan fingerprint density at radius 3 is 1.69 bits per heavy atom. The predicted molar refractivity (Wildman–Crippen MR) is 58.7 cm³/mol. The molecule has 0 radical (unpaired) electrons. The van der Waals surface area contributed by atoms with Crippen LogP contribution >= 0.6 is 0 Å². The molecular weight excluding hydrogens is 275 g/mol. The van der Waals surface area contributed by atoms with Crippen LogP contribution in [0.25, 0.3) is 0 Å². The molecule has 1 atom stereocenters. The van der Waals surface area contributed by atoms with Crippen molar-refractivity contribution in [3.8, 4) is 0 Å². The Morgan fingerprint density at radius 2 is 1.38 bits per heavy atom. The van der Waals surface area contributed by atoms with Gasteiger partial charge in [0.1, 0.15) is 0 Å². The van der Waals surface area contributed by atoms with E-state index in [0.29, 0.717) is 0 Å². The maximum absolute atomic E-state index is 2.34. The number of hydrogen-bond donors (Lipinski definition) is 0. The Morgan fingerprint density at radius 1 is 0.875 bits per heavy atom. The van der Waals surface area contributed by atoms with Gasteiger partial charge >= 0.3 is 100 Å². The molecule has 91 valence electrons. The molecule has 1 rings (SSSR count). The van der Waals surface area contributed by atoms with E-state index in [-0.39, 0.29) is 24.8 Å². The summed E-state index contributed by atoms with van der Waals surface area (Å²) in [5.74, 6) is 0.768. The fourth-order valence-electron chi connectivity index (χ4n) is 2.71. The van der Waals surface area contributed by atoms with Gasteiger partial charge in [0.05, 0.1) is 0 Å². The standard InChI is InChI=1S/C13H21.2ClH.Ti/c1-5-10-9-11(6-2)13(8-4)12(10)7-3;;;/h10H,5-8H2,1-4H3;2*1H;/q;;;+2/p-2. The first kappa shape index (κ1) is 19.1. The van der Waals surface area contributed by atoms with E-state index in [1.165, 1.54) is 25.7 Å². The summed E-state index contributed by atoms with van der Waals surface area (Å²) in [4.78, 5) is 0. The van der Waals surface area contributed by atoms with Gasteiger partial charge in [-0.2, -0.15) is 0 Å². The van der Waals surface area contributed by atoms with Crippen molar-refractivity contribution in [3.05, 3.63) is 20.6 Å². The minimum Gasteiger partial charge on any atom is -1.00 e. The molecule has 0 aliphatic heterocycles. The van der Waals surface area contributed by atoms with Crippen molar-refractivity contribution in [2.24, 2.45) is 5.92 Å².